The van der Waals surface area contributed by atoms with Gasteiger partial charge in [0.2, 0.25) is 5.91 Å². The van der Waals surface area contributed by atoms with Crippen molar-refractivity contribution in [2.75, 3.05) is 62.2 Å². The average molecular weight is 677 g/mol. The Labute approximate surface area is 279 Å². The monoisotopic (exact) mass is 675 g/mol. The highest BCUT2D eigenvalue weighted by Gasteiger charge is 2.36. The Bertz CT molecular complexity index is 1470. The molecule has 11 heteroatoms. The molecule has 0 spiro atoms. The van der Waals surface area contributed by atoms with Crippen molar-refractivity contribution in [2.24, 2.45) is 11.7 Å². The van der Waals surface area contributed by atoms with Gasteiger partial charge in [-0.05, 0) is 72.4 Å². The lowest BCUT2D eigenvalue weighted by atomic mass is 9.94. The van der Waals surface area contributed by atoms with Crippen LogP contribution in [0.5, 0.6) is 0 Å². The minimum atomic E-state index is -4.45. The van der Waals surface area contributed by atoms with Gasteiger partial charge in [-0.15, -0.1) is 0 Å². The summed E-state index contributed by atoms with van der Waals surface area (Å²) in [6.45, 7) is 8.94. The molecule has 5 rings (SSSR count). The van der Waals surface area contributed by atoms with E-state index < -0.39 is 23.8 Å². The Kier molecular flexibility index (Phi) is 11.1. The molecule has 2 atom stereocenters. The number of para-hydroxylation sites is 1. The van der Waals surface area contributed by atoms with Crippen molar-refractivity contribution in [3.05, 3.63) is 93.5 Å². The molecule has 0 saturated carbocycles. The molecule has 6 nitrogen and oxygen atoms in total. The number of nitrogens with two attached hydrogens (primary N) is 1. The van der Waals surface area contributed by atoms with Gasteiger partial charge in [0.1, 0.15) is 0 Å². The van der Waals surface area contributed by atoms with Crippen LogP contribution in [-0.4, -0.2) is 74.1 Å². The summed E-state index contributed by atoms with van der Waals surface area (Å²) in [5, 5.41) is 1.07. The number of halogens is 5. The van der Waals surface area contributed by atoms with Crippen molar-refractivity contribution in [1.29, 1.82) is 0 Å². The predicted molar refractivity (Wildman–Crippen MR) is 181 cm³/mol. The first kappa shape index (κ1) is 34.4. The molecule has 2 N–H and O–H groups in total. The normalized spacial score (nSPS) is 17.8. The van der Waals surface area contributed by atoms with Gasteiger partial charge in [-0.3, -0.25) is 9.69 Å². The number of alkyl halides is 3. The molecule has 46 heavy (non-hydrogen) atoms. The lowest BCUT2D eigenvalue weighted by molar-refractivity contribution is -0.138. The summed E-state index contributed by atoms with van der Waals surface area (Å²) in [5.74, 6) is 0.260. The minimum Gasteiger partial charge on any atom is -0.369 e. The van der Waals surface area contributed by atoms with Gasteiger partial charge in [0, 0.05) is 79.8 Å². The third kappa shape index (κ3) is 8.29. The molecule has 2 aliphatic rings. The molecule has 1 amide bonds. The number of nitrogens with zero attached hydrogens (tertiary/aromatic N) is 4. The Balaban J connectivity index is 1.32. The molecule has 0 aliphatic carbocycles. The van der Waals surface area contributed by atoms with Crippen LogP contribution >= 0.6 is 23.2 Å². The number of hydrogen-bond donors (Lipinski definition) is 1. The fourth-order valence-corrected chi connectivity index (χ4v) is 7.01. The van der Waals surface area contributed by atoms with E-state index in [0.717, 1.165) is 43.5 Å². The quantitative estimate of drug-likeness (QED) is 0.261. The van der Waals surface area contributed by atoms with Gasteiger partial charge in [-0.2, -0.15) is 13.2 Å². The van der Waals surface area contributed by atoms with Gasteiger partial charge in [0.25, 0.3) is 0 Å². The molecule has 2 aliphatic heterocycles. The van der Waals surface area contributed by atoms with E-state index in [1.54, 1.807) is 12.1 Å². The van der Waals surface area contributed by atoms with E-state index in [0.29, 0.717) is 60.3 Å². The maximum atomic E-state index is 14.3. The van der Waals surface area contributed by atoms with Crippen molar-refractivity contribution in [2.45, 2.75) is 44.9 Å². The topological polar surface area (TPSA) is 56.1 Å². The minimum absolute atomic E-state index is 0.0305. The van der Waals surface area contributed by atoms with Crippen LogP contribution in [0.15, 0.2) is 66.7 Å². The fraction of sp³-hybridized carbons (Fsp3) is 0.457. The third-order valence-corrected chi connectivity index (χ3v) is 9.59. The van der Waals surface area contributed by atoms with Gasteiger partial charge in [0.15, 0.2) is 0 Å². The average Bonchev–Trinajstić information content (AvgIpc) is 3.04. The number of anilines is 2. The van der Waals surface area contributed by atoms with Crippen molar-refractivity contribution in [3.8, 4) is 0 Å². The standard InChI is InChI=1S/C35H42Cl2F3N5O/c1-24(2)20-31(41)29-22-26(35(38,39)40)9-11-32(29)43-16-18-45(19-17-43)34(46)33(21-25-8-10-27(36)23-30(25)37)44-14-12-42(13-15-44)28-6-4-3-5-7-28/h3-11,22-24,31,33H,12-21,41H2,1-2H3. The van der Waals surface area contributed by atoms with Gasteiger partial charge in [-0.1, -0.05) is 61.3 Å². The first-order valence-electron chi connectivity index (χ1n) is 15.9. The molecular formula is C35H42Cl2F3N5O. The Morgan fingerprint density at radius 3 is 2.11 bits per heavy atom. The lowest BCUT2D eigenvalue weighted by Crippen LogP contribution is -2.59. The maximum absolute atomic E-state index is 14.3. The van der Waals surface area contributed by atoms with E-state index in [-0.39, 0.29) is 11.8 Å². The zero-order chi connectivity index (χ0) is 33.0. The number of rotatable bonds is 9. The van der Waals surface area contributed by atoms with Crippen molar-refractivity contribution >= 4 is 40.5 Å². The van der Waals surface area contributed by atoms with E-state index in [9.17, 15) is 18.0 Å². The summed E-state index contributed by atoms with van der Waals surface area (Å²) in [6.07, 6.45) is -3.43. The summed E-state index contributed by atoms with van der Waals surface area (Å²) < 4.78 is 40.9. The van der Waals surface area contributed by atoms with Gasteiger partial charge >= 0.3 is 6.18 Å². The van der Waals surface area contributed by atoms with Crippen molar-refractivity contribution in [3.63, 3.8) is 0 Å². The van der Waals surface area contributed by atoms with Crippen LogP contribution in [0.3, 0.4) is 0 Å². The molecule has 0 radical (unpaired) electrons. The van der Waals surface area contributed by atoms with E-state index >= 15 is 0 Å². The van der Waals surface area contributed by atoms with Crippen molar-refractivity contribution < 1.29 is 18.0 Å². The second-order valence-electron chi connectivity index (χ2n) is 12.6. The highest BCUT2D eigenvalue weighted by Crippen LogP contribution is 2.37. The van der Waals surface area contributed by atoms with Crippen LogP contribution in [0.2, 0.25) is 10.0 Å². The lowest BCUT2D eigenvalue weighted by Gasteiger charge is -2.43. The number of hydrogen-bond acceptors (Lipinski definition) is 5. The first-order chi connectivity index (χ1) is 21.9. The molecular weight excluding hydrogens is 634 g/mol. The Morgan fingerprint density at radius 2 is 1.50 bits per heavy atom. The molecule has 248 valence electrons. The van der Waals surface area contributed by atoms with Gasteiger partial charge in [-0.25, -0.2) is 0 Å². The highest BCUT2D eigenvalue weighted by molar-refractivity contribution is 6.35. The summed E-state index contributed by atoms with van der Waals surface area (Å²) >= 11 is 12.7. The zero-order valence-electron chi connectivity index (χ0n) is 26.3. The number of benzene rings is 3. The van der Waals surface area contributed by atoms with Crippen LogP contribution in [0, 0.1) is 5.92 Å². The highest BCUT2D eigenvalue weighted by atomic mass is 35.5. The smallest absolute Gasteiger partial charge is 0.369 e. The first-order valence-corrected chi connectivity index (χ1v) is 16.6. The summed E-state index contributed by atoms with van der Waals surface area (Å²) in [5.41, 5.74) is 9.00. The van der Waals surface area contributed by atoms with Crippen LogP contribution < -0.4 is 15.5 Å². The number of amides is 1. The van der Waals surface area contributed by atoms with Crippen LogP contribution in [0.4, 0.5) is 24.5 Å². The molecule has 2 fully saturated rings. The van der Waals surface area contributed by atoms with Crippen LogP contribution in [0.1, 0.15) is 43.0 Å². The number of piperazine rings is 2. The summed E-state index contributed by atoms with van der Waals surface area (Å²) in [4.78, 5) is 22.8. The predicted octanol–water partition coefficient (Wildman–Crippen LogP) is 7.14. The third-order valence-electron chi connectivity index (χ3n) is 9.00. The van der Waals surface area contributed by atoms with Crippen LogP contribution in [0.25, 0.3) is 0 Å². The summed E-state index contributed by atoms with van der Waals surface area (Å²) in [7, 11) is 0. The van der Waals surface area contributed by atoms with Crippen LogP contribution in [-0.2, 0) is 17.4 Å². The summed E-state index contributed by atoms with van der Waals surface area (Å²) in [6, 6.07) is 18.6. The Morgan fingerprint density at radius 1 is 0.848 bits per heavy atom. The SMILES string of the molecule is CC(C)CC(N)c1cc(C(F)(F)F)ccc1N1CCN(C(=O)C(Cc2ccc(Cl)cc2Cl)N2CCN(c3ccccc3)CC2)CC1. The number of carbonyl (C=O) groups excluding carboxylic acids is 1. The number of carbonyl (C=O) groups is 1. The molecule has 0 bridgehead atoms. The second-order valence-corrected chi connectivity index (χ2v) is 13.5. The van der Waals surface area contributed by atoms with Crippen molar-refractivity contribution in [1.82, 2.24) is 9.80 Å². The van der Waals surface area contributed by atoms with Gasteiger partial charge < -0.3 is 20.4 Å². The maximum Gasteiger partial charge on any atom is 0.416 e. The fourth-order valence-electron chi connectivity index (χ4n) is 6.53. The molecule has 2 unspecified atom stereocenters. The molecule has 3 aromatic carbocycles. The molecule has 0 aromatic heterocycles. The molecule has 2 heterocycles. The van der Waals surface area contributed by atoms with Gasteiger partial charge in [0.05, 0.1) is 11.6 Å². The van der Waals surface area contributed by atoms with E-state index in [1.165, 1.54) is 12.1 Å². The molecule has 2 saturated heterocycles. The van der Waals surface area contributed by atoms with E-state index in [2.05, 4.69) is 26.8 Å². The van der Waals surface area contributed by atoms with E-state index in [1.807, 2.05) is 43.0 Å². The Hall–Kier alpha value is -2.98. The molecule has 3 aromatic rings. The zero-order valence-corrected chi connectivity index (χ0v) is 27.8. The van der Waals surface area contributed by atoms with E-state index in [4.69, 9.17) is 28.9 Å². The second kappa shape index (κ2) is 14.8. The largest absolute Gasteiger partial charge is 0.416 e.